The Balaban J connectivity index is 0.00000131. The maximum Gasteiger partial charge on any atom is 0.220 e. The third kappa shape index (κ3) is 6.07. The number of pyridine rings is 1. The fraction of sp³-hybridized carbons (Fsp3) is 0.714. The number of nitrogens with zero attached hydrogens (tertiary/aromatic N) is 2. The molecule has 0 radical (unpaired) electrons. The maximum absolute atomic E-state index is 12.5. The number of carbonyl (C=O) groups is 1. The van der Waals surface area contributed by atoms with Crippen molar-refractivity contribution < 1.29 is 4.79 Å². The molecule has 1 saturated heterocycles. The van der Waals surface area contributed by atoms with E-state index in [1.165, 1.54) is 51.5 Å². The second-order valence-corrected chi connectivity index (χ2v) is 8.24. The quantitative estimate of drug-likeness (QED) is 0.765. The average Bonchev–Trinajstić information content (AvgIpc) is 3.42. The molecular weight excluding hydrogens is 381 g/mol. The molecule has 2 atom stereocenters. The Kier molecular flexibility index (Phi) is 8.84. The highest BCUT2D eigenvalue weighted by molar-refractivity contribution is 5.85. The number of nitrogens with one attached hydrogen (secondary N) is 1. The first-order chi connectivity index (χ1) is 12.3. The average molecular weight is 414 g/mol. The van der Waals surface area contributed by atoms with E-state index in [1.54, 1.807) is 6.20 Å². The van der Waals surface area contributed by atoms with Gasteiger partial charge in [-0.15, -0.1) is 24.8 Å². The molecule has 3 aliphatic rings. The number of aryl methyl sites for hydroxylation is 1. The molecule has 152 valence electrons. The summed E-state index contributed by atoms with van der Waals surface area (Å²) >= 11 is 0. The van der Waals surface area contributed by atoms with Gasteiger partial charge in [0.25, 0.3) is 0 Å². The van der Waals surface area contributed by atoms with Crippen LogP contribution < -0.4 is 5.32 Å². The van der Waals surface area contributed by atoms with E-state index in [1.807, 2.05) is 18.2 Å². The van der Waals surface area contributed by atoms with Gasteiger partial charge in [0.1, 0.15) is 0 Å². The van der Waals surface area contributed by atoms with Gasteiger partial charge in [-0.25, -0.2) is 0 Å². The van der Waals surface area contributed by atoms with Crippen LogP contribution in [0.4, 0.5) is 0 Å². The number of rotatable bonds is 6. The van der Waals surface area contributed by atoms with E-state index in [4.69, 9.17) is 0 Å². The van der Waals surface area contributed by atoms with Crippen molar-refractivity contribution in [2.24, 2.45) is 11.8 Å². The minimum Gasteiger partial charge on any atom is -0.352 e. The molecule has 1 amide bonds. The molecule has 2 saturated carbocycles. The van der Waals surface area contributed by atoms with Gasteiger partial charge in [0, 0.05) is 43.5 Å². The van der Waals surface area contributed by atoms with Crippen LogP contribution in [0.5, 0.6) is 0 Å². The SMILES string of the molecule is Cl.Cl.O=C(CCc1ccccn1)N[C@H]1CN(C2CCCCC2)C[C@@H]1C1CC1. The summed E-state index contributed by atoms with van der Waals surface area (Å²) in [5.74, 6) is 1.74. The van der Waals surface area contributed by atoms with Crippen LogP contribution in [0.15, 0.2) is 24.4 Å². The van der Waals surface area contributed by atoms with Crippen LogP contribution in [0.25, 0.3) is 0 Å². The summed E-state index contributed by atoms with van der Waals surface area (Å²) < 4.78 is 0. The molecule has 0 bridgehead atoms. The third-order valence-electron chi connectivity index (χ3n) is 6.39. The summed E-state index contributed by atoms with van der Waals surface area (Å²) in [5, 5.41) is 3.38. The molecule has 0 aromatic carbocycles. The molecule has 1 N–H and O–H groups in total. The van der Waals surface area contributed by atoms with Gasteiger partial charge in [-0.3, -0.25) is 14.7 Å². The first kappa shape index (κ1) is 22.4. The molecule has 4 nitrogen and oxygen atoms in total. The summed E-state index contributed by atoms with van der Waals surface area (Å²) in [5.41, 5.74) is 1.01. The Morgan fingerprint density at radius 1 is 1.07 bits per heavy atom. The number of aromatic nitrogens is 1. The van der Waals surface area contributed by atoms with Crippen molar-refractivity contribution in [3.05, 3.63) is 30.1 Å². The van der Waals surface area contributed by atoms with Gasteiger partial charge < -0.3 is 5.32 Å². The molecule has 2 aliphatic carbocycles. The van der Waals surface area contributed by atoms with Gasteiger partial charge in [-0.05, 0) is 56.1 Å². The number of hydrogen-bond donors (Lipinski definition) is 1. The maximum atomic E-state index is 12.5. The van der Waals surface area contributed by atoms with Crippen LogP contribution >= 0.6 is 24.8 Å². The van der Waals surface area contributed by atoms with Crippen molar-refractivity contribution in [1.29, 1.82) is 0 Å². The smallest absolute Gasteiger partial charge is 0.220 e. The predicted octanol–water partition coefficient (Wildman–Crippen LogP) is 4.02. The number of carbonyl (C=O) groups excluding carboxylic acids is 1. The van der Waals surface area contributed by atoms with E-state index in [0.29, 0.717) is 18.4 Å². The minimum atomic E-state index is 0. The van der Waals surface area contributed by atoms with E-state index < -0.39 is 0 Å². The first-order valence-corrected chi connectivity index (χ1v) is 10.2. The highest BCUT2D eigenvalue weighted by Gasteiger charge is 2.44. The summed E-state index contributed by atoms with van der Waals surface area (Å²) in [6, 6.07) is 7.04. The van der Waals surface area contributed by atoms with Gasteiger partial charge in [0.2, 0.25) is 5.91 Å². The van der Waals surface area contributed by atoms with E-state index in [-0.39, 0.29) is 30.7 Å². The van der Waals surface area contributed by atoms with Crippen molar-refractivity contribution in [3.8, 4) is 0 Å². The second-order valence-electron chi connectivity index (χ2n) is 8.24. The minimum absolute atomic E-state index is 0. The fourth-order valence-corrected chi connectivity index (χ4v) is 4.83. The molecule has 0 spiro atoms. The highest BCUT2D eigenvalue weighted by Crippen LogP contribution is 2.42. The van der Waals surface area contributed by atoms with Crippen molar-refractivity contribution >= 4 is 30.7 Å². The topological polar surface area (TPSA) is 45.2 Å². The van der Waals surface area contributed by atoms with Crippen LogP contribution in [-0.4, -0.2) is 41.0 Å². The molecule has 4 rings (SSSR count). The van der Waals surface area contributed by atoms with Gasteiger partial charge >= 0.3 is 0 Å². The van der Waals surface area contributed by atoms with Gasteiger partial charge in [-0.1, -0.05) is 25.3 Å². The molecule has 3 fully saturated rings. The van der Waals surface area contributed by atoms with Crippen molar-refractivity contribution in [2.75, 3.05) is 13.1 Å². The summed E-state index contributed by atoms with van der Waals surface area (Å²) in [4.78, 5) is 19.5. The molecule has 2 heterocycles. The van der Waals surface area contributed by atoms with E-state index in [2.05, 4.69) is 15.2 Å². The lowest BCUT2D eigenvalue weighted by Crippen LogP contribution is -2.42. The summed E-state index contributed by atoms with van der Waals surface area (Å²) in [6.07, 6.45) is 12.7. The van der Waals surface area contributed by atoms with Crippen LogP contribution in [0.1, 0.15) is 57.1 Å². The second kappa shape index (κ2) is 10.6. The molecule has 1 aromatic rings. The Labute approximate surface area is 175 Å². The highest BCUT2D eigenvalue weighted by atomic mass is 35.5. The number of likely N-dealkylation sites (tertiary alicyclic amines) is 1. The van der Waals surface area contributed by atoms with Crippen LogP contribution in [0.2, 0.25) is 0 Å². The van der Waals surface area contributed by atoms with Crippen molar-refractivity contribution in [2.45, 2.75) is 69.9 Å². The normalized spacial score (nSPS) is 26.1. The van der Waals surface area contributed by atoms with Gasteiger partial charge in [0.05, 0.1) is 0 Å². The van der Waals surface area contributed by atoms with Crippen molar-refractivity contribution in [3.63, 3.8) is 0 Å². The van der Waals surface area contributed by atoms with E-state index in [9.17, 15) is 4.79 Å². The Bertz CT molecular complexity index is 576. The standard InChI is InChI=1S/C21H31N3O.2ClH/c25-21(12-11-17-6-4-5-13-22-17)23-20-15-24(14-19(20)16-9-10-16)18-7-2-1-3-8-18;;/h4-6,13,16,18-20H,1-3,7-12,14-15H2,(H,23,25);2*1H/t19-,20+;;/m1../s1. The zero-order chi connectivity index (χ0) is 17.1. The van der Waals surface area contributed by atoms with E-state index in [0.717, 1.165) is 30.6 Å². The number of amides is 1. The summed E-state index contributed by atoms with van der Waals surface area (Å²) in [6.45, 7) is 2.28. The first-order valence-electron chi connectivity index (χ1n) is 10.2. The molecule has 27 heavy (non-hydrogen) atoms. The van der Waals surface area contributed by atoms with Gasteiger partial charge in [-0.2, -0.15) is 0 Å². The van der Waals surface area contributed by atoms with Crippen LogP contribution in [0, 0.1) is 11.8 Å². The van der Waals surface area contributed by atoms with Crippen molar-refractivity contribution in [1.82, 2.24) is 15.2 Å². The zero-order valence-electron chi connectivity index (χ0n) is 16.0. The molecular formula is C21H33Cl2N3O. The Hall–Kier alpha value is -0.840. The molecule has 1 aromatic heterocycles. The molecule has 6 heteroatoms. The predicted molar refractivity (Wildman–Crippen MR) is 114 cm³/mol. The fourth-order valence-electron chi connectivity index (χ4n) is 4.83. The van der Waals surface area contributed by atoms with Gasteiger partial charge in [0.15, 0.2) is 0 Å². The lowest BCUT2D eigenvalue weighted by molar-refractivity contribution is -0.122. The Morgan fingerprint density at radius 3 is 2.52 bits per heavy atom. The number of hydrogen-bond acceptors (Lipinski definition) is 3. The lowest BCUT2D eigenvalue weighted by Gasteiger charge is -2.31. The van der Waals surface area contributed by atoms with Crippen LogP contribution in [-0.2, 0) is 11.2 Å². The summed E-state index contributed by atoms with van der Waals surface area (Å²) in [7, 11) is 0. The number of halogens is 2. The van der Waals surface area contributed by atoms with E-state index >= 15 is 0 Å². The zero-order valence-corrected chi connectivity index (χ0v) is 17.6. The Morgan fingerprint density at radius 2 is 1.85 bits per heavy atom. The molecule has 1 aliphatic heterocycles. The monoisotopic (exact) mass is 413 g/mol. The lowest BCUT2D eigenvalue weighted by atomic mass is 9.94. The molecule has 0 unspecified atom stereocenters. The van der Waals surface area contributed by atoms with Crippen LogP contribution in [0.3, 0.4) is 0 Å². The third-order valence-corrected chi connectivity index (χ3v) is 6.39. The largest absolute Gasteiger partial charge is 0.352 e.